The largest absolute Gasteiger partial charge is 0.497 e. The number of hydrogen-bond donors (Lipinski definition) is 1. The summed E-state index contributed by atoms with van der Waals surface area (Å²) in [5.74, 6) is 1.97. The third-order valence-electron chi connectivity index (χ3n) is 2.93. The van der Waals surface area contributed by atoms with Crippen LogP contribution in [0.5, 0.6) is 11.5 Å². The highest BCUT2D eigenvalue weighted by Crippen LogP contribution is 2.20. The molecule has 4 heteroatoms. The van der Waals surface area contributed by atoms with Crippen LogP contribution in [0.15, 0.2) is 41.8 Å². The van der Waals surface area contributed by atoms with Crippen molar-refractivity contribution in [2.75, 3.05) is 20.3 Å². The van der Waals surface area contributed by atoms with Gasteiger partial charge in [-0.25, -0.2) is 0 Å². The first-order valence-electron chi connectivity index (χ1n) is 6.31. The molecule has 0 bridgehead atoms. The van der Waals surface area contributed by atoms with Gasteiger partial charge in [0.2, 0.25) is 0 Å². The summed E-state index contributed by atoms with van der Waals surface area (Å²) in [7, 11) is 1.65. The van der Waals surface area contributed by atoms with E-state index in [9.17, 15) is 0 Å². The Labute approximate surface area is 118 Å². The highest BCUT2D eigenvalue weighted by Gasteiger charge is 2.10. The van der Waals surface area contributed by atoms with Gasteiger partial charge in [0, 0.05) is 16.9 Å². The maximum atomic E-state index is 5.81. The van der Waals surface area contributed by atoms with Gasteiger partial charge in [0.05, 0.1) is 13.7 Å². The molecule has 102 valence electrons. The van der Waals surface area contributed by atoms with Gasteiger partial charge in [-0.2, -0.15) is 0 Å². The van der Waals surface area contributed by atoms with E-state index in [0.717, 1.165) is 17.9 Å². The first-order valence-corrected chi connectivity index (χ1v) is 7.19. The Balaban J connectivity index is 1.88. The summed E-state index contributed by atoms with van der Waals surface area (Å²) in [5.41, 5.74) is 5.81. The third-order valence-corrected chi connectivity index (χ3v) is 3.83. The van der Waals surface area contributed by atoms with Crippen molar-refractivity contribution in [3.05, 3.63) is 46.7 Å². The van der Waals surface area contributed by atoms with Gasteiger partial charge in [0.15, 0.2) is 0 Å². The molecule has 1 unspecified atom stereocenters. The SMILES string of the molecule is COc1cccc(OCC(CN)Cc2cccs2)c1. The van der Waals surface area contributed by atoms with E-state index in [1.54, 1.807) is 18.4 Å². The Kier molecular flexibility index (Phi) is 5.24. The fourth-order valence-corrected chi connectivity index (χ4v) is 2.65. The molecule has 0 aliphatic rings. The Bertz CT molecular complexity index is 485. The monoisotopic (exact) mass is 277 g/mol. The summed E-state index contributed by atoms with van der Waals surface area (Å²) in [6.07, 6.45) is 0.970. The minimum Gasteiger partial charge on any atom is -0.497 e. The van der Waals surface area contributed by atoms with E-state index < -0.39 is 0 Å². The molecule has 0 saturated carbocycles. The number of nitrogens with two attached hydrogens (primary N) is 1. The van der Waals surface area contributed by atoms with Gasteiger partial charge >= 0.3 is 0 Å². The third kappa shape index (κ3) is 4.26. The van der Waals surface area contributed by atoms with Crippen molar-refractivity contribution in [1.29, 1.82) is 0 Å². The number of ether oxygens (including phenoxy) is 2. The lowest BCUT2D eigenvalue weighted by atomic mass is 10.1. The summed E-state index contributed by atoms with van der Waals surface area (Å²) in [6, 6.07) is 11.8. The molecule has 0 amide bonds. The van der Waals surface area contributed by atoms with Crippen LogP contribution in [-0.2, 0) is 6.42 Å². The minimum absolute atomic E-state index is 0.338. The van der Waals surface area contributed by atoms with Crippen LogP contribution in [0.1, 0.15) is 4.88 Å². The molecule has 1 heterocycles. The molecule has 0 aliphatic carbocycles. The number of thiophene rings is 1. The molecule has 0 spiro atoms. The van der Waals surface area contributed by atoms with Crippen molar-refractivity contribution in [3.8, 4) is 11.5 Å². The molecule has 1 aromatic heterocycles. The van der Waals surface area contributed by atoms with E-state index in [2.05, 4.69) is 17.5 Å². The summed E-state index contributed by atoms with van der Waals surface area (Å²) >= 11 is 1.76. The van der Waals surface area contributed by atoms with E-state index in [4.69, 9.17) is 15.2 Å². The molecule has 2 aromatic rings. The minimum atomic E-state index is 0.338. The van der Waals surface area contributed by atoms with Crippen LogP contribution in [0.3, 0.4) is 0 Å². The Morgan fingerprint density at radius 2 is 2.05 bits per heavy atom. The average Bonchev–Trinajstić information content (AvgIpc) is 2.96. The molecule has 0 saturated heterocycles. The highest BCUT2D eigenvalue weighted by molar-refractivity contribution is 7.09. The zero-order valence-corrected chi connectivity index (χ0v) is 11.9. The maximum Gasteiger partial charge on any atom is 0.122 e. The van der Waals surface area contributed by atoms with Crippen molar-refractivity contribution >= 4 is 11.3 Å². The van der Waals surface area contributed by atoms with Crippen molar-refractivity contribution in [3.63, 3.8) is 0 Å². The van der Waals surface area contributed by atoms with Crippen molar-refractivity contribution in [1.82, 2.24) is 0 Å². The quantitative estimate of drug-likeness (QED) is 0.846. The topological polar surface area (TPSA) is 44.5 Å². The van der Waals surface area contributed by atoms with Gasteiger partial charge in [0.1, 0.15) is 11.5 Å². The summed E-state index contributed by atoms with van der Waals surface area (Å²) < 4.78 is 11.0. The standard InChI is InChI=1S/C15H19NO2S/c1-17-13-4-2-5-14(9-13)18-11-12(10-16)8-15-6-3-7-19-15/h2-7,9,12H,8,10-11,16H2,1H3. The van der Waals surface area contributed by atoms with E-state index in [-0.39, 0.29) is 0 Å². The summed E-state index contributed by atoms with van der Waals surface area (Å²) in [5, 5.41) is 2.09. The van der Waals surface area contributed by atoms with Crippen LogP contribution in [0.4, 0.5) is 0 Å². The Hall–Kier alpha value is -1.52. The zero-order valence-electron chi connectivity index (χ0n) is 11.0. The van der Waals surface area contributed by atoms with E-state index in [0.29, 0.717) is 19.1 Å². The van der Waals surface area contributed by atoms with Gasteiger partial charge in [-0.05, 0) is 36.5 Å². The predicted molar refractivity (Wildman–Crippen MR) is 79.1 cm³/mol. The molecule has 3 nitrogen and oxygen atoms in total. The molecule has 19 heavy (non-hydrogen) atoms. The molecule has 0 radical (unpaired) electrons. The molecule has 0 aliphatic heterocycles. The Morgan fingerprint density at radius 1 is 1.21 bits per heavy atom. The van der Waals surface area contributed by atoms with Crippen molar-refractivity contribution < 1.29 is 9.47 Å². The lowest BCUT2D eigenvalue weighted by molar-refractivity contribution is 0.251. The zero-order chi connectivity index (χ0) is 13.5. The molecule has 1 atom stereocenters. The van der Waals surface area contributed by atoms with E-state index in [1.807, 2.05) is 24.3 Å². The predicted octanol–water partition coefficient (Wildman–Crippen LogP) is 2.95. The fourth-order valence-electron chi connectivity index (χ4n) is 1.83. The van der Waals surface area contributed by atoms with Gasteiger partial charge < -0.3 is 15.2 Å². The molecular weight excluding hydrogens is 258 g/mol. The van der Waals surface area contributed by atoms with Crippen molar-refractivity contribution in [2.45, 2.75) is 6.42 Å². The smallest absolute Gasteiger partial charge is 0.122 e. The van der Waals surface area contributed by atoms with Crippen molar-refractivity contribution in [2.24, 2.45) is 11.7 Å². The van der Waals surface area contributed by atoms with Crippen LogP contribution in [0.2, 0.25) is 0 Å². The van der Waals surface area contributed by atoms with Crippen LogP contribution in [0, 0.1) is 5.92 Å². The van der Waals surface area contributed by atoms with E-state index in [1.165, 1.54) is 4.88 Å². The fraction of sp³-hybridized carbons (Fsp3) is 0.333. The summed E-state index contributed by atoms with van der Waals surface area (Å²) in [4.78, 5) is 1.35. The Morgan fingerprint density at radius 3 is 2.74 bits per heavy atom. The number of benzene rings is 1. The lowest BCUT2D eigenvalue weighted by Crippen LogP contribution is -2.23. The molecule has 0 fully saturated rings. The van der Waals surface area contributed by atoms with Gasteiger partial charge in [0.25, 0.3) is 0 Å². The summed E-state index contributed by atoms with van der Waals surface area (Å²) in [6.45, 7) is 1.25. The van der Waals surface area contributed by atoms with Crippen LogP contribution in [0.25, 0.3) is 0 Å². The first kappa shape index (κ1) is 13.9. The second-order valence-electron chi connectivity index (χ2n) is 4.38. The van der Waals surface area contributed by atoms with Gasteiger partial charge in [-0.1, -0.05) is 12.1 Å². The molecule has 1 aromatic carbocycles. The van der Waals surface area contributed by atoms with Crippen LogP contribution < -0.4 is 15.2 Å². The number of hydrogen-bond acceptors (Lipinski definition) is 4. The highest BCUT2D eigenvalue weighted by atomic mass is 32.1. The number of rotatable bonds is 7. The van der Waals surface area contributed by atoms with Gasteiger partial charge in [-0.15, -0.1) is 11.3 Å². The second-order valence-corrected chi connectivity index (χ2v) is 5.41. The molecule has 2 N–H and O–H groups in total. The second kappa shape index (κ2) is 7.16. The normalized spacial score (nSPS) is 12.1. The lowest BCUT2D eigenvalue weighted by Gasteiger charge is -2.15. The van der Waals surface area contributed by atoms with E-state index >= 15 is 0 Å². The number of methoxy groups -OCH3 is 1. The van der Waals surface area contributed by atoms with Gasteiger partial charge in [-0.3, -0.25) is 0 Å². The average molecular weight is 277 g/mol. The molecule has 2 rings (SSSR count). The van der Waals surface area contributed by atoms with Crippen LogP contribution in [-0.4, -0.2) is 20.3 Å². The first-order chi connectivity index (χ1) is 9.31. The maximum absolute atomic E-state index is 5.81. The molecular formula is C15H19NO2S. The van der Waals surface area contributed by atoms with Crippen LogP contribution >= 0.6 is 11.3 Å².